The summed E-state index contributed by atoms with van der Waals surface area (Å²) in [6.07, 6.45) is -1.24. The Morgan fingerprint density at radius 2 is 2.06 bits per heavy atom. The number of pyridine rings is 1. The van der Waals surface area contributed by atoms with Gasteiger partial charge in [0.2, 0.25) is 0 Å². The second-order valence-electron chi connectivity index (χ2n) is 4.47. The van der Waals surface area contributed by atoms with Crippen molar-refractivity contribution in [1.29, 1.82) is 0 Å². The first-order valence-corrected chi connectivity index (χ1v) is 5.42. The summed E-state index contributed by atoms with van der Waals surface area (Å²) in [5, 5.41) is 0. The van der Waals surface area contributed by atoms with Gasteiger partial charge in [0.1, 0.15) is 0 Å². The summed E-state index contributed by atoms with van der Waals surface area (Å²) in [6, 6.07) is 2.09. The fraction of sp³-hybridized carbons (Fsp3) is 0.545. The SMILES string of the molecule is NC1CCC[C@]1(N)c1ccc(C(F)(F)F)cn1. The number of nitrogens with zero attached hydrogens (tertiary/aromatic N) is 1. The molecule has 2 rings (SSSR count). The predicted octanol–water partition coefficient (Wildman–Crippen LogP) is 1.77. The van der Waals surface area contributed by atoms with Gasteiger partial charge in [-0.1, -0.05) is 0 Å². The van der Waals surface area contributed by atoms with Gasteiger partial charge < -0.3 is 11.5 Å². The summed E-state index contributed by atoms with van der Waals surface area (Å²) in [5.74, 6) is 0. The van der Waals surface area contributed by atoms with Gasteiger partial charge in [0, 0.05) is 12.2 Å². The molecule has 6 heteroatoms. The van der Waals surface area contributed by atoms with Gasteiger partial charge in [-0.05, 0) is 31.4 Å². The van der Waals surface area contributed by atoms with Crippen molar-refractivity contribution >= 4 is 0 Å². The van der Waals surface area contributed by atoms with Gasteiger partial charge in [-0.25, -0.2) is 0 Å². The number of nitrogens with two attached hydrogens (primary N) is 2. The Balaban J connectivity index is 2.30. The van der Waals surface area contributed by atoms with Crippen LogP contribution < -0.4 is 11.5 Å². The van der Waals surface area contributed by atoms with Gasteiger partial charge in [-0.3, -0.25) is 4.98 Å². The monoisotopic (exact) mass is 245 g/mol. The Labute approximate surface area is 97.0 Å². The molecular formula is C11H14F3N3. The van der Waals surface area contributed by atoms with E-state index in [4.69, 9.17) is 11.5 Å². The zero-order valence-electron chi connectivity index (χ0n) is 9.17. The van der Waals surface area contributed by atoms with Crippen molar-refractivity contribution in [2.75, 3.05) is 0 Å². The highest BCUT2D eigenvalue weighted by atomic mass is 19.4. The van der Waals surface area contributed by atoms with Crippen LogP contribution >= 0.6 is 0 Å². The highest BCUT2D eigenvalue weighted by molar-refractivity contribution is 5.25. The Bertz CT molecular complexity index is 401. The average Bonchev–Trinajstić information content (AvgIpc) is 2.60. The highest BCUT2D eigenvalue weighted by Gasteiger charge is 2.40. The van der Waals surface area contributed by atoms with Crippen LogP contribution in [0.25, 0.3) is 0 Å². The molecule has 0 radical (unpaired) electrons. The lowest BCUT2D eigenvalue weighted by Crippen LogP contribution is -2.49. The smallest absolute Gasteiger partial charge is 0.326 e. The van der Waals surface area contributed by atoms with E-state index in [1.54, 1.807) is 0 Å². The number of aromatic nitrogens is 1. The zero-order chi connectivity index (χ0) is 12.7. The summed E-state index contributed by atoms with van der Waals surface area (Å²) in [5.41, 5.74) is 10.9. The molecule has 1 aromatic rings. The third kappa shape index (κ3) is 2.14. The number of rotatable bonds is 1. The van der Waals surface area contributed by atoms with Crippen LogP contribution in [0.1, 0.15) is 30.5 Å². The summed E-state index contributed by atoms with van der Waals surface area (Å²) >= 11 is 0. The average molecular weight is 245 g/mol. The Kier molecular flexibility index (Phi) is 2.87. The van der Waals surface area contributed by atoms with Crippen molar-refractivity contribution in [3.63, 3.8) is 0 Å². The maximum atomic E-state index is 12.4. The van der Waals surface area contributed by atoms with E-state index in [1.807, 2.05) is 0 Å². The van der Waals surface area contributed by atoms with E-state index in [0.29, 0.717) is 12.1 Å². The van der Waals surface area contributed by atoms with E-state index >= 15 is 0 Å². The molecule has 1 saturated carbocycles. The first-order chi connectivity index (χ1) is 7.84. The van der Waals surface area contributed by atoms with Crippen LogP contribution in [0.4, 0.5) is 13.2 Å². The first-order valence-electron chi connectivity index (χ1n) is 5.42. The first kappa shape index (κ1) is 12.3. The fourth-order valence-corrected chi connectivity index (χ4v) is 2.21. The molecule has 1 aromatic heterocycles. The van der Waals surface area contributed by atoms with Crippen molar-refractivity contribution in [2.45, 2.75) is 37.0 Å². The van der Waals surface area contributed by atoms with Gasteiger partial charge in [-0.15, -0.1) is 0 Å². The molecule has 3 nitrogen and oxygen atoms in total. The minimum absolute atomic E-state index is 0.244. The van der Waals surface area contributed by atoms with E-state index in [-0.39, 0.29) is 6.04 Å². The molecular weight excluding hydrogens is 231 g/mol. The molecule has 0 spiro atoms. The second-order valence-corrected chi connectivity index (χ2v) is 4.47. The van der Waals surface area contributed by atoms with E-state index < -0.39 is 17.3 Å². The standard InChI is InChI=1S/C11H14F3N3/c12-11(13,14)7-3-4-9(17-6-7)10(16)5-1-2-8(10)15/h3-4,6,8H,1-2,5,15-16H2/t8?,10-/m1/s1. The number of halogens is 3. The third-order valence-corrected chi connectivity index (χ3v) is 3.33. The topological polar surface area (TPSA) is 64.9 Å². The highest BCUT2D eigenvalue weighted by Crippen LogP contribution is 2.35. The number of hydrogen-bond acceptors (Lipinski definition) is 3. The van der Waals surface area contributed by atoms with Crippen LogP contribution in [0.5, 0.6) is 0 Å². The summed E-state index contributed by atoms with van der Waals surface area (Å²) in [6.45, 7) is 0. The number of hydrogen-bond donors (Lipinski definition) is 2. The van der Waals surface area contributed by atoms with Gasteiger partial charge >= 0.3 is 6.18 Å². The van der Waals surface area contributed by atoms with E-state index in [9.17, 15) is 13.2 Å². The van der Waals surface area contributed by atoms with Crippen molar-refractivity contribution < 1.29 is 13.2 Å². The van der Waals surface area contributed by atoms with Crippen LogP contribution in [0, 0.1) is 0 Å². The maximum absolute atomic E-state index is 12.4. The predicted molar refractivity (Wildman–Crippen MR) is 56.9 cm³/mol. The van der Waals surface area contributed by atoms with Gasteiger partial charge in [0.05, 0.1) is 16.8 Å². The van der Waals surface area contributed by atoms with Crippen LogP contribution in [0.15, 0.2) is 18.3 Å². The Morgan fingerprint density at radius 3 is 2.47 bits per heavy atom. The second kappa shape index (κ2) is 3.96. The third-order valence-electron chi connectivity index (χ3n) is 3.33. The Morgan fingerprint density at radius 1 is 1.35 bits per heavy atom. The van der Waals surface area contributed by atoms with Crippen LogP contribution in [-0.4, -0.2) is 11.0 Å². The van der Waals surface area contributed by atoms with Crippen molar-refractivity contribution in [2.24, 2.45) is 11.5 Å². The van der Waals surface area contributed by atoms with Crippen molar-refractivity contribution in [1.82, 2.24) is 4.98 Å². The molecule has 0 aliphatic heterocycles. The molecule has 94 valence electrons. The molecule has 1 heterocycles. The summed E-state index contributed by atoms with van der Waals surface area (Å²) < 4.78 is 37.1. The molecule has 1 fully saturated rings. The van der Waals surface area contributed by atoms with Crippen LogP contribution in [0.3, 0.4) is 0 Å². The molecule has 1 aliphatic carbocycles. The van der Waals surface area contributed by atoms with Gasteiger partial charge in [-0.2, -0.15) is 13.2 Å². The Hall–Kier alpha value is -1.14. The maximum Gasteiger partial charge on any atom is 0.417 e. The molecule has 1 unspecified atom stereocenters. The molecule has 0 amide bonds. The van der Waals surface area contributed by atoms with Crippen molar-refractivity contribution in [3.05, 3.63) is 29.6 Å². The summed E-state index contributed by atoms with van der Waals surface area (Å²) in [7, 11) is 0. The van der Waals surface area contributed by atoms with Crippen LogP contribution in [0.2, 0.25) is 0 Å². The minimum atomic E-state index is -4.37. The van der Waals surface area contributed by atoms with Gasteiger partial charge in [0.15, 0.2) is 0 Å². The molecule has 0 aromatic carbocycles. The van der Waals surface area contributed by atoms with Crippen molar-refractivity contribution in [3.8, 4) is 0 Å². The fourth-order valence-electron chi connectivity index (χ4n) is 2.21. The zero-order valence-corrected chi connectivity index (χ0v) is 9.17. The van der Waals surface area contributed by atoms with E-state index in [0.717, 1.165) is 25.1 Å². The van der Waals surface area contributed by atoms with Gasteiger partial charge in [0.25, 0.3) is 0 Å². The lowest BCUT2D eigenvalue weighted by atomic mass is 9.90. The largest absolute Gasteiger partial charge is 0.417 e. The molecule has 1 aliphatic rings. The molecule has 0 saturated heterocycles. The normalized spacial score (nSPS) is 29.6. The lowest BCUT2D eigenvalue weighted by Gasteiger charge is -2.28. The molecule has 2 atom stereocenters. The molecule has 17 heavy (non-hydrogen) atoms. The molecule has 0 bridgehead atoms. The van der Waals surface area contributed by atoms with Crippen LogP contribution in [-0.2, 0) is 11.7 Å². The quantitative estimate of drug-likeness (QED) is 0.792. The van der Waals surface area contributed by atoms with E-state index in [1.165, 1.54) is 6.07 Å². The lowest BCUT2D eigenvalue weighted by molar-refractivity contribution is -0.137. The van der Waals surface area contributed by atoms with E-state index in [2.05, 4.69) is 4.98 Å². The minimum Gasteiger partial charge on any atom is -0.326 e. The number of alkyl halides is 3. The molecule has 4 N–H and O–H groups in total. The summed E-state index contributed by atoms with van der Waals surface area (Å²) in [4.78, 5) is 3.82.